The van der Waals surface area contributed by atoms with E-state index in [1.807, 2.05) is 0 Å². The van der Waals surface area contributed by atoms with Crippen molar-refractivity contribution in [2.75, 3.05) is 7.11 Å². The van der Waals surface area contributed by atoms with Gasteiger partial charge in [0.25, 0.3) is 0 Å². The molecule has 0 aromatic carbocycles. The summed E-state index contributed by atoms with van der Waals surface area (Å²) in [6, 6.07) is 0. The van der Waals surface area contributed by atoms with Crippen LogP contribution in [0.5, 0.6) is 0 Å². The number of methoxy groups -OCH3 is 1. The van der Waals surface area contributed by atoms with Crippen LogP contribution in [0.2, 0.25) is 0 Å². The predicted molar refractivity (Wildman–Crippen MR) is 55.7 cm³/mol. The standard InChI is InChI=1S/C10H14O4.Na.H/c1-10(2)5-6(11)4-7(12)8(10)9(13)14-3;;/h8H,4-5H2,1-3H3;;. The third-order valence-corrected chi connectivity index (χ3v) is 2.56. The summed E-state index contributed by atoms with van der Waals surface area (Å²) in [6.45, 7) is 3.48. The molecule has 80 valence electrons. The first-order chi connectivity index (χ1) is 6.38. The Morgan fingerprint density at radius 1 is 1.40 bits per heavy atom. The molecule has 15 heavy (non-hydrogen) atoms. The molecule has 1 fully saturated rings. The summed E-state index contributed by atoms with van der Waals surface area (Å²) < 4.78 is 4.56. The number of Topliss-reactive ketones (excluding diaryl/α,β-unsaturated/α-hetero) is 2. The summed E-state index contributed by atoms with van der Waals surface area (Å²) in [4.78, 5) is 34.0. The van der Waals surface area contributed by atoms with Gasteiger partial charge in [-0.15, -0.1) is 0 Å². The van der Waals surface area contributed by atoms with E-state index in [4.69, 9.17) is 0 Å². The second-order valence-corrected chi connectivity index (χ2v) is 4.30. The Labute approximate surface area is 111 Å². The Morgan fingerprint density at radius 3 is 2.33 bits per heavy atom. The van der Waals surface area contributed by atoms with Crippen LogP contribution in [-0.2, 0) is 19.1 Å². The number of ketones is 2. The van der Waals surface area contributed by atoms with Gasteiger partial charge < -0.3 is 4.74 Å². The van der Waals surface area contributed by atoms with E-state index in [2.05, 4.69) is 4.74 Å². The molecular formula is C10H15NaO4. The van der Waals surface area contributed by atoms with Crippen molar-refractivity contribution >= 4 is 47.1 Å². The molecule has 0 bridgehead atoms. The molecule has 1 aliphatic carbocycles. The quantitative estimate of drug-likeness (QED) is 0.358. The Bertz CT molecular complexity index is 296. The van der Waals surface area contributed by atoms with Crippen LogP contribution in [0.1, 0.15) is 26.7 Å². The van der Waals surface area contributed by atoms with Gasteiger partial charge in [-0.1, -0.05) is 13.8 Å². The normalized spacial score (nSPS) is 24.3. The van der Waals surface area contributed by atoms with Gasteiger partial charge in [-0.05, 0) is 5.41 Å². The summed E-state index contributed by atoms with van der Waals surface area (Å²) in [5, 5.41) is 0. The van der Waals surface area contributed by atoms with E-state index in [-0.39, 0.29) is 54.0 Å². The van der Waals surface area contributed by atoms with Gasteiger partial charge in [0.05, 0.1) is 13.5 Å². The van der Waals surface area contributed by atoms with Gasteiger partial charge in [0.2, 0.25) is 0 Å². The molecule has 0 aromatic rings. The number of ether oxygens (including phenoxy) is 1. The van der Waals surface area contributed by atoms with Gasteiger partial charge >= 0.3 is 35.5 Å². The van der Waals surface area contributed by atoms with Gasteiger partial charge in [0.1, 0.15) is 11.7 Å². The molecule has 0 aliphatic heterocycles. The number of hydrogen-bond acceptors (Lipinski definition) is 4. The van der Waals surface area contributed by atoms with Crippen molar-refractivity contribution in [3.8, 4) is 0 Å². The Morgan fingerprint density at radius 2 is 1.93 bits per heavy atom. The van der Waals surface area contributed by atoms with Gasteiger partial charge in [-0.25, -0.2) is 0 Å². The van der Waals surface area contributed by atoms with Crippen LogP contribution in [0.4, 0.5) is 0 Å². The van der Waals surface area contributed by atoms with Crippen molar-refractivity contribution in [3.63, 3.8) is 0 Å². The van der Waals surface area contributed by atoms with E-state index in [1.165, 1.54) is 7.11 Å². The first-order valence-electron chi connectivity index (χ1n) is 4.50. The van der Waals surface area contributed by atoms with Gasteiger partial charge in [-0.3, -0.25) is 14.4 Å². The summed E-state index contributed by atoms with van der Waals surface area (Å²) >= 11 is 0. The number of carbonyl (C=O) groups is 3. The molecule has 0 N–H and O–H groups in total. The number of esters is 1. The van der Waals surface area contributed by atoms with E-state index < -0.39 is 17.3 Å². The SMILES string of the molecule is COC(=O)C1C(=O)CC(=O)CC1(C)C.[NaH]. The van der Waals surface area contributed by atoms with Crippen LogP contribution in [0, 0.1) is 11.3 Å². The zero-order valence-electron chi connectivity index (χ0n) is 8.62. The topological polar surface area (TPSA) is 60.4 Å². The maximum atomic E-state index is 11.5. The Balaban J connectivity index is 0.00000196. The molecule has 1 rings (SSSR count). The van der Waals surface area contributed by atoms with Crippen molar-refractivity contribution < 1.29 is 19.1 Å². The predicted octanol–water partition coefficient (Wildman–Crippen LogP) is 0.0853. The van der Waals surface area contributed by atoms with E-state index in [1.54, 1.807) is 13.8 Å². The molecule has 0 spiro atoms. The second-order valence-electron chi connectivity index (χ2n) is 4.30. The summed E-state index contributed by atoms with van der Waals surface area (Å²) in [7, 11) is 1.25. The number of rotatable bonds is 1. The minimum atomic E-state index is -0.787. The third kappa shape index (κ3) is 3.13. The van der Waals surface area contributed by atoms with Crippen LogP contribution in [0.3, 0.4) is 0 Å². The van der Waals surface area contributed by atoms with E-state index >= 15 is 0 Å². The third-order valence-electron chi connectivity index (χ3n) is 2.56. The molecule has 1 aliphatic rings. The van der Waals surface area contributed by atoms with Crippen LogP contribution < -0.4 is 0 Å². The van der Waals surface area contributed by atoms with Crippen molar-refractivity contribution in [3.05, 3.63) is 0 Å². The number of carbonyl (C=O) groups excluding carboxylic acids is 3. The van der Waals surface area contributed by atoms with Gasteiger partial charge in [0, 0.05) is 6.42 Å². The minimum absolute atomic E-state index is 0. The second kappa shape index (κ2) is 5.23. The monoisotopic (exact) mass is 222 g/mol. The molecule has 1 saturated carbocycles. The van der Waals surface area contributed by atoms with Crippen molar-refractivity contribution in [2.45, 2.75) is 26.7 Å². The fourth-order valence-electron chi connectivity index (χ4n) is 1.97. The fraction of sp³-hybridized carbons (Fsp3) is 0.700. The molecule has 1 atom stereocenters. The molecular weight excluding hydrogens is 207 g/mol. The molecule has 0 aromatic heterocycles. The average molecular weight is 222 g/mol. The van der Waals surface area contributed by atoms with E-state index in [0.717, 1.165) is 0 Å². The fourth-order valence-corrected chi connectivity index (χ4v) is 1.97. The molecule has 4 nitrogen and oxygen atoms in total. The van der Waals surface area contributed by atoms with Gasteiger partial charge in [-0.2, -0.15) is 0 Å². The summed E-state index contributed by atoms with van der Waals surface area (Å²) in [5.74, 6) is -1.74. The van der Waals surface area contributed by atoms with Crippen LogP contribution in [-0.4, -0.2) is 54.2 Å². The van der Waals surface area contributed by atoms with Gasteiger partial charge in [0.15, 0.2) is 5.78 Å². The van der Waals surface area contributed by atoms with Crippen molar-refractivity contribution in [1.29, 1.82) is 0 Å². The number of hydrogen-bond donors (Lipinski definition) is 0. The maximum absolute atomic E-state index is 11.5. The molecule has 0 amide bonds. The molecule has 1 unspecified atom stereocenters. The van der Waals surface area contributed by atoms with Crippen LogP contribution in [0.25, 0.3) is 0 Å². The van der Waals surface area contributed by atoms with E-state index in [0.29, 0.717) is 0 Å². The first kappa shape index (κ1) is 14.8. The summed E-state index contributed by atoms with van der Waals surface area (Å²) in [5.41, 5.74) is -0.612. The van der Waals surface area contributed by atoms with Crippen molar-refractivity contribution in [1.82, 2.24) is 0 Å². The average Bonchev–Trinajstić information content (AvgIpc) is 1.99. The van der Waals surface area contributed by atoms with Crippen LogP contribution >= 0.6 is 0 Å². The molecule has 0 radical (unpaired) electrons. The zero-order valence-corrected chi connectivity index (χ0v) is 8.62. The Kier molecular flexibility index (Phi) is 5.17. The molecule has 0 saturated heterocycles. The summed E-state index contributed by atoms with van der Waals surface area (Å²) in [6.07, 6.45) is 0.127. The first-order valence-corrected chi connectivity index (χ1v) is 4.50. The molecule has 5 heteroatoms. The Hall–Kier alpha value is -0.190. The zero-order chi connectivity index (χ0) is 10.9. The van der Waals surface area contributed by atoms with E-state index in [9.17, 15) is 14.4 Å². The van der Waals surface area contributed by atoms with Crippen LogP contribution in [0.15, 0.2) is 0 Å². The molecule has 0 heterocycles. The van der Waals surface area contributed by atoms with Crippen molar-refractivity contribution in [2.24, 2.45) is 11.3 Å².